The molecule has 1 spiro atoms. The van der Waals surface area contributed by atoms with E-state index in [1.165, 1.54) is 0 Å². The SMILES string of the molecule is CO[C@]12CC[C@](O)(OC1(C)C)[C@]1(CCCCO1)O2. The van der Waals surface area contributed by atoms with Gasteiger partial charge in [0.05, 0.1) is 6.61 Å². The Hall–Kier alpha value is -0.200. The van der Waals surface area contributed by atoms with Gasteiger partial charge in [-0.3, -0.25) is 0 Å². The third-order valence-electron chi connectivity index (χ3n) is 4.62. The van der Waals surface area contributed by atoms with Gasteiger partial charge in [-0.2, -0.15) is 0 Å². The summed E-state index contributed by atoms with van der Waals surface area (Å²) < 4.78 is 23.5. The zero-order valence-corrected chi connectivity index (χ0v) is 11.3. The topological polar surface area (TPSA) is 57.2 Å². The van der Waals surface area contributed by atoms with E-state index in [1.807, 2.05) is 13.8 Å². The molecule has 4 rings (SSSR count). The van der Waals surface area contributed by atoms with Gasteiger partial charge in [-0.15, -0.1) is 0 Å². The van der Waals surface area contributed by atoms with E-state index in [4.69, 9.17) is 18.9 Å². The standard InChI is InChI=1S/C13H22O5/c1-10(2)12(15-3)8-7-11(14,17-10)13(18-12)6-4-5-9-16-13/h14H,4-9H2,1-3H3/t11-,12-,13-/m0/s1. The van der Waals surface area contributed by atoms with E-state index in [1.54, 1.807) is 7.11 Å². The Balaban J connectivity index is 2.01. The lowest BCUT2D eigenvalue weighted by molar-refractivity contribution is -0.563. The zero-order valence-electron chi connectivity index (χ0n) is 11.3. The lowest BCUT2D eigenvalue weighted by Crippen LogP contribution is -2.79. The smallest absolute Gasteiger partial charge is 0.226 e. The van der Waals surface area contributed by atoms with Crippen LogP contribution < -0.4 is 0 Å². The number of hydrogen-bond donors (Lipinski definition) is 1. The Morgan fingerprint density at radius 2 is 1.83 bits per heavy atom. The van der Waals surface area contributed by atoms with E-state index in [9.17, 15) is 5.11 Å². The van der Waals surface area contributed by atoms with E-state index in [0.29, 0.717) is 25.9 Å². The fraction of sp³-hybridized carbons (Fsp3) is 1.00. The molecule has 0 aliphatic carbocycles. The second-order valence-corrected chi connectivity index (χ2v) is 6.01. The minimum atomic E-state index is -1.36. The first-order valence-electron chi connectivity index (χ1n) is 6.71. The van der Waals surface area contributed by atoms with Crippen molar-refractivity contribution in [3.63, 3.8) is 0 Å². The molecule has 0 saturated carbocycles. The van der Waals surface area contributed by atoms with Gasteiger partial charge in [0.1, 0.15) is 5.60 Å². The molecule has 18 heavy (non-hydrogen) atoms. The van der Waals surface area contributed by atoms with E-state index in [2.05, 4.69) is 0 Å². The van der Waals surface area contributed by atoms with Gasteiger partial charge in [0.25, 0.3) is 0 Å². The minimum Gasteiger partial charge on any atom is -0.361 e. The van der Waals surface area contributed by atoms with Crippen LogP contribution in [0.2, 0.25) is 0 Å². The molecule has 0 amide bonds. The minimum absolute atomic E-state index is 0.476. The molecule has 4 aliphatic rings. The van der Waals surface area contributed by atoms with E-state index < -0.39 is 23.0 Å². The Kier molecular flexibility index (Phi) is 2.61. The maximum atomic E-state index is 10.8. The monoisotopic (exact) mass is 258 g/mol. The van der Waals surface area contributed by atoms with Crippen LogP contribution in [0, 0.1) is 0 Å². The van der Waals surface area contributed by atoms with Crippen molar-refractivity contribution in [3.8, 4) is 0 Å². The summed E-state index contributed by atoms with van der Waals surface area (Å²) in [6.07, 6.45) is 3.68. The molecule has 4 fully saturated rings. The molecule has 2 bridgehead atoms. The van der Waals surface area contributed by atoms with Gasteiger partial charge < -0.3 is 24.1 Å². The van der Waals surface area contributed by atoms with Crippen molar-refractivity contribution in [3.05, 3.63) is 0 Å². The molecular formula is C13H22O5. The number of rotatable bonds is 1. The first kappa shape index (κ1) is 12.8. The van der Waals surface area contributed by atoms with Crippen LogP contribution in [0.1, 0.15) is 46.0 Å². The lowest BCUT2D eigenvalue weighted by Gasteiger charge is -2.65. The molecular weight excluding hydrogens is 236 g/mol. The summed E-state index contributed by atoms with van der Waals surface area (Å²) in [7, 11) is 1.62. The van der Waals surface area contributed by atoms with Gasteiger partial charge >= 0.3 is 0 Å². The highest BCUT2D eigenvalue weighted by atomic mass is 16.9. The molecule has 104 valence electrons. The maximum absolute atomic E-state index is 10.8. The predicted octanol–water partition coefficient (Wildman–Crippen LogP) is 1.53. The molecule has 4 saturated heterocycles. The van der Waals surface area contributed by atoms with Crippen LogP contribution in [0.25, 0.3) is 0 Å². The summed E-state index contributed by atoms with van der Waals surface area (Å²) in [5, 5.41) is 10.8. The number of ether oxygens (including phenoxy) is 4. The molecule has 0 radical (unpaired) electrons. The summed E-state index contributed by atoms with van der Waals surface area (Å²) in [5.41, 5.74) is -0.694. The average molecular weight is 258 g/mol. The average Bonchev–Trinajstić information content (AvgIpc) is 2.32. The maximum Gasteiger partial charge on any atom is 0.226 e. The van der Waals surface area contributed by atoms with Gasteiger partial charge in [-0.05, 0) is 26.7 Å². The fourth-order valence-corrected chi connectivity index (χ4v) is 3.52. The van der Waals surface area contributed by atoms with Crippen molar-refractivity contribution < 1.29 is 24.1 Å². The fourth-order valence-electron chi connectivity index (χ4n) is 3.52. The summed E-state index contributed by atoms with van der Waals surface area (Å²) in [5.74, 6) is -3.26. The quantitative estimate of drug-likeness (QED) is 0.773. The van der Waals surface area contributed by atoms with Crippen LogP contribution in [-0.4, -0.2) is 41.8 Å². The lowest BCUT2D eigenvalue weighted by atomic mass is 9.77. The highest BCUT2D eigenvalue weighted by Crippen LogP contribution is 2.58. The Labute approximate surface area is 107 Å². The van der Waals surface area contributed by atoms with Crippen LogP contribution in [-0.2, 0) is 18.9 Å². The molecule has 1 N–H and O–H groups in total. The third-order valence-corrected chi connectivity index (χ3v) is 4.62. The Bertz CT molecular complexity index is 349. The van der Waals surface area contributed by atoms with E-state index >= 15 is 0 Å². The van der Waals surface area contributed by atoms with Gasteiger partial charge in [0, 0.05) is 26.4 Å². The van der Waals surface area contributed by atoms with E-state index in [-0.39, 0.29) is 0 Å². The second-order valence-electron chi connectivity index (χ2n) is 6.01. The van der Waals surface area contributed by atoms with Crippen molar-refractivity contribution in [2.45, 2.75) is 68.9 Å². The molecule has 0 aromatic heterocycles. The number of fused-ring (bicyclic) bond motifs is 2. The normalized spacial score (nSPS) is 50.7. The Morgan fingerprint density at radius 3 is 2.39 bits per heavy atom. The van der Waals surface area contributed by atoms with Gasteiger partial charge in [-0.25, -0.2) is 0 Å². The third kappa shape index (κ3) is 1.40. The number of methoxy groups -OCH3 is 1. The van der Waals surface area contributed by atoms with Gasteiger partial charge in [-0.1, -0.05) is 0 Å². The van der Waals surface area contributed by atoms with Crippen LogP contribution >= 0.6 is 0 Å². The Morgan fingerprint density at radius 1 is 1.06 bits per heavy atom. The van der Waals surface area contributed by atoms with Crippen LogP contribution in [0.15, 0.2) is 0 Å². The highest BCUT2D eigenvalue weighted by molar-refractivity contribution is 5.08. The van der Waals surface area contributed by atoms with Crippen molar-refractivity contribution in [2.24, 2.45) is 0 Å². The molecule has 0 unspecified atom stereocenters. The number of hydrogen-bond acceptors (Lipinski definition) is 5. The molecule has 0 aromatic rings. The van der Waals surface area contributed by atoms with Crippen molar-refractivity contribution in [1.29, 1.82) is 0 Å². The van der Waals surface area contributed by atoms with E-state index in [0.717, 1.165) is 12.8 Å². The van der Waals surface area contributed by atoms with Gasteiger partial charge in [0.2, 0.25) is 11.6 Å². The highest BCUT2D eigenvalue weighted by Gasteiger charge is 2.73. The second kappa shape index (κ2) is 3.67. The number of aliphatic hydroxyl groups is 1. The predicted molar refractivity (Wildman–Crippen MR) is 62.7 cm³/mol. The first-order chi connectivity index (χ1) is 8.39. The molecule has 5 heteroatoms. The van der Waals surface area contributed by atoms with Crippen molar-refractivity contribution in [1.82, 2.24) is 0 Å². The first-order valence-corrected chi connectivity index (χ1v) is 6.71. The largest absolute Gasteiger partial charge is 0.361 e. The summed E-state index contributed by atoms with van der Waals surface area (Å²) >= 11 is 0. The summed E-state index contributed by atoms with van der Waals surface area (Å²) in [6.45, 7) is 4.36. The van der Waals surface area contributed by atoms with Crippen LogP contribution in [0.3, 0.4) is 0 Å². The summed E-state index contributed by atoms with van der Waals surface area (Å²) in [6, 6.07) is 0. The molecule has 4 aliphatic heterocycles. The molecule has 4 heterocycles. The van der Waals surface area contributed by atoms with Crippen LogP contribution in [0.5, 0.6) is 0 Å². The molecule has 0 aromatic carbocycles. The van der Waals surface area contributed by atoms with Crippen LogP contribution in [0.4, 0.5) is 0 Å². The zero-order chi connectivity index (χ0) is 13.1. The molecule has 3 atom stereocenters. The van der Waals surface area contributed by atoms with Crippen molar-refractivity contribution >= 4 is 0 Å². The molecule has 5 nitrogen and oxygen atoms in total. The van der Waals surface area contributed by atoms with Gasteiger partial charge in [0.15, 0.2) is 5.79 Å². The summed E-state index contributed by atoms with van der Waals surface area (Å²) in [4.78, 5) is 0. The van der Waals surface area contributed by atoms with Crippen molar-refractivity contribution in [2.75, 3.05) is 13.7 Å².